The van der Waals surface area contributed by atoms with Gasteiger partial charge >= 0.3 is 18.2 Å². The van der Waals surface area contributed by atoms with Crippen molar-refractivity contribution in [2.45, 2.75) is 51.9 Å². The molecule has 2 aliphatic rings. The highest BCUT2D eigenvalue weighted by molar-refractivity contribution is 5.37. The van der Waals surface area contributed by atoms with Crippen molar-refractivity contribution >= 4 is 12.0 Å². The summed E-state index contributed by atoms with van der Waals surface area (Å²) in [7, 11) is 0. The summed E-state index contributed by atoms with van der Waals surface area (Å²) < 4.78 is 65.4. The normalized spacial score (nSPS) is 22.2. The maximum atomic E-state index is 13.7. The minimum absolute atomic E-state index is 0.0216. The number of anilines is 2. The molecule has 0 radical (unpaired) electrons. The number of alkyl halides is 3. The number of rotatable bonds is 6. The zero-order chi connectivity index (χ0) is 24.9. The number of fused-ring (bicyclic) bond motifs is 2. The molecular weight excluding hydrogens is 470 g/mol. The summed E-state index contributed by atoms with van der Waals surface area (Å²) in [5, 5.41) is 11.8. The molecule has 188 valence electrons. The van der Waals surface area contributed by atoms with Gasteiger partial charge in [-0.3, -0.25) is 0 Å². The number of aromatic nitrogens is 5. The van der Waals surface area contributed by atoms with Crippen LogP contribution in [0, 0.1) is 24.6 Å². The van der Waals surface area contributed by atoms with E-state index < -0.39 is 17.6 Å². The number of benzene rings is 1. The lowest BCUT2D eigenvalue weighted by Crippen LogP contribution is -2.48. The summed E-state index contributed by atoms with van der Waals surface area (Å²) in [5.41, 5.74) is -1.40. The Morgan fingerprint density at radius 3 is 2.46 bits per heavy atom. The van der Waals surface area contributed by atoms with Crippen molar-refractivity contribution in [3.05, 3.63) is 35.4 Å². The molecule has 35 heavy (non-hydrogen) atoms. The third-order valence-electron chi connectivity index (χ3n) is 6.46. The number of ether oxygens (including phenoxy) is 1. The van der Waals surface area contributed by atoms with E-state index in [9.17, 15) is 17.6 Å². The molecule has 2 fully saturated rings. The minimum Gasteiger partial charge on any atom is -0.424 e. The maximum absolute atomic E-state index is 13.7. The van der Waals surface area contributed by atoms with Crippen LogP contribution in [0.4, 0.5) is 29.5 Å². The van der Waals surface area contributed by atoms with Gasteiger partial charge in [-0.25, -0.2) is 9.07 Å². The van der Waals surface area contributed by atoms with Gasteiger partial charge in [0, 0.05) is 19.1 Å². The van der Waals surface area contributed by atoms with Crippen LogP contribution in [0.15, 0.2) is 22.7 Å². The highest BCUT2D eigenvalue weighted by Crippen LogP contribution is 2.40. The molecule has 1 saturated heterocycles. The van der Waals surface area contributed by atoms with Crippen LogP contribution in [-0.4, -0.2) is 44.0 Å². The summed E-state index contributed by atoms with van der Waals surface area (Å²) >= 11 is 0. The van der Waals surface area contributed by atoms with Crippen LogP contribution < -0.4 is 15.0 Å². The summed E-state index contributed by atoms with van der Waals surface area (Å²) in [6.45, 7) is 6.99. The van der Waals surface area contributed by atoms with Crippen LogP contribution in [-0.2, 0) is 6.18 Å². The predicted molar refractivity (Wildman–Crippen MR) is 117 cm³/mol. The van der Waals surface area contributed by atoms with Crippen LogP contribution in [0.2, 0.25) is 0 Å². The molecule has 3 atom stereocenters. The maximum Gasteiger partial charge on any atom is 0.419 e. The number of aryl methyl sites for hydroxylation is 1. The number of nitrogens with one attached hydrogen (secondary N) is 1. The fourth-order valence-electron chi connectivity index (χ4n) is 4.84. The fraction of sp³-hybridized carbons (Fsp3) is 0.545. The summed E-state index contributed by atoms with van der Waals surface area (Å²) in [4.78, 5) is 10.8. The van der Waals surface area contributed by atoms with E-state index in [4.69, 9.17) is 9.26 Å². The van der Waals surface area contributed by atoms with Gasteiger partial charge in [0.15, 0.2) is 5.82 Å². The molecule has 5 rings (SSSR count). The lowest BCUT2D eigenvalue weighted by atomic mass is 9.92. The first-order chi connectivity index (χ1) is 16.6. The third kappa shape index (κ3) is 4.63. The molecule has 1 saturated carbocycles. The number of nitrogens with zero attached hydrogens (tertiary/aromatic N) is 6. The summed E-state index contributed by atoms with van der Waals surface area (Å²) in [5.74, 6) is -0.00808. The van der Waals surface area contributed by atoms with Gasteiger partial charge in [0.25, 0.3) is 0 Å². The van der Waals surface area contributed by atoms with Gasteiger partial charge in [-0.15, -0.1) is 5.10 Å². The van der Waals surface area contributed by atoms with Crippen molar-refractivity contribution in [2.75, 3.05) is 23.3 Å². The van der Waals surface area contributed by atoms with Crippen molar-refractivity contribution in [1.82, 2.24) is 24.9 Å². The molecule has 1 aromatic carbocycles. The third-order valence-corrected chi connectivity index (χ3v) is 6.46. The molecule has 0 amide bonds. The Morgan fingerprint density at radius 2 is 1.86 bits per heavy atom. The Balaban J connectivity index is 1.34. The smallest absolute Gasteiger partial charge is 0.419 e. The molecule has 1 aliphatic carbocycles. The van der Waals surface area contributed by atoms with Gasteiger partial charge in [-0.05, 0) is 63.6 Å². The van der Waals surface area contributed by atoms with E-state index >= 15 is 0 Å². The highest BCUT2D eigenvalue weighted by atomic mass is 19.4. The Bertz CT molecular complexity index is 1190. The average molecular weight is 495 g/mol. The molecule has 3 heterocycles. The van der Waals surface area contributed by atoms with Gasteiger partial charge in [-0.2, -0.15) is 23.1 Å². The Labute approximate surface area is 198 Å². The monoisotopic (exact) mass is 495 g/mol. The molecule has 3 aromatic rings. The van der Waals surface area contributed by atoms with Gasteiger partial charge in [0.05, 0.1) is 11.6 Å². The molecule has 9 nitrogen and oxygen atoms in total. The van der Waals surface area contributed by atoms with Gasteiger partial charge in [-0.1, -0.05) is 5.16 Å². The van der Waals surface area contributed by atoms with Crippen molar-refractivity contribution in [3.8, 4) is 11.8 Å². The number of piperidine rings is 1. The first-order valence-electron chi connectivity index (χ1n) is 11.4. The van der Waals surface area contributed by atoms with Gasteiger partial charge < -0.3 is 19.5 Å². The van der Waals surface area contributed by atoms with Crippen LogP contribution in [0.25, 0.3) is 0 Å². The average Bonchev–Trinajstić information content (AvgIpc) is 3.45. The van der Waals surface area contributed by atoms with Gasteiger partial charge in [0.2, 0.25) is 5.95 Å². The van der Waals surface area contributed by atoms with Gasteiger partial charge in [0.1, 0.15) is 11.6 Å². The quantitative estimate of drug-likeness (QED) is 0.486. The minimum atomic E-state index is -4.84. The van der Waals surface area contributed by atoms with Crippen molar-refractivity contribution < 1.29 is 26.8 Å². The molecule has 0 spiro atoms. The molecule has 2 aromatic heterocycles. The van der Waals surface area contributed by atoms with Crippen LogP contribution in [0.3, 0.4) is 0 Å². The Kier molecular flexibility index (Phi) is 5.80. The second-order valence-electron chi connectivity index (χ2n) is 9.29. The fourth-order valence-corrected chi connectivity index (χ4v) is 4.84. The lowest BCUT2D eigenvalue weighted by Gasteiger charge is -2.37. The van der Waals surface area contributed by atoms with E-state index in [0.717, 1.165) is 38.1 Å². The summed E-state index contributed by atoms with van der Waals surface area (Å²) in [6.07, 6.45) is -2.79. The van der Waals surface area contributed by atoms with Crippen molar-refractivity contribution in [1.29, 1.82) is 0 Å². The van der Waals surface area contributed by atoms with E-state index in [0.29, 0.717) is 35.7 Å². The molecular formula is C22H25F4N7O2. The largest absolute Gasteiger partial charge is 0.424 e. The van der Waals surface area contributed by atoms with Crippen LogP contribution >= 0.6 is 0 Å². The molecule has 2 bridgehead atoms. The van der Waals surface area contributed by atoms with Crippen LogP contribution in [0.5, 0.6) is 11.8 Å². The Hall–Kier alpha value is -3.38. The topological polar surface area (TPSA) is 94.1 Å². The second-order valence-corrected chi connectivity index (χ2v) is 9.29. The van der Waals surface area contributed by atoms with Crippen molar-refractivity contribution in [2.24, 2.45) is 11.8 Å². The van der Waals surface area contributed by atoms with E-state index in [2.05, 4.69) is 30.4 Å². The Morgan fingerprint density at radius 1 is 1.14 bits per heavy atom. The van der Waals surface area contributed by atoms with E-state index in [1.807, 2.05) is 13.8 Å². The van der Waals surface area contributed by atoms with E-state index in [1.165, 1.54) is 4.68 Å². The number of halogens is 4. The van der Waals surface area contributed by atoms with Crippen LogP contribution in [0.1, 0.15) is 44.1 Å². The number of hydrogen-bond donors (Lipinski definition) is 1. The molecule has 1 aliphatic heterocycles. The molecule has 13 heteroatoms. The summed E-state index contributed by atoms with van der Waals surface area (Å²) in [6, 6.07) is 2.97. The van der Waals surface area contributed by atoms with E-state index in [1.54, 1.807) is 6.92 Å². The SMILES string of the molecule is Cc1noc(N2C[C@H]3CC[C@@H](C2)[C@@H]3Nc2nc(Oc3ccc(F)c(C(F)(F)F)c3)n(C(C)C)n2)n1. The highest BCUT2D eigenvalue weighted by Gasteiger charge is 2.44. The zero-order valence-corrected chi connectivity index (χ0v) is 19.4. The lowest BCUT2D eigenvalue weighted by molar-refractivity contribution is -0.140. The molecule has 1 N–H and O–H groups in total. The van der Waals surface area contributed by atoms with E-state index in [-0.39, 0.29) is 23.8 Å². The standard InChI is InChI=1S/C22H25F4N7O2/c1-11(2)33-21(34-15-6-7-17(23)16(8-15)22(24,25)26)29-19(30-33)28-18-13-4-5-14(18)10-32(9-13)20-27-12(3)31-35-20/h6-8,11,13-14,18H,4-5,9-10H2,1-3H3,(H,28,30)/t13-,14+,18-. The molecule has 0 unspecified atom stereocenters. The predicted octanol–water partition coefficient (Wildman–Crippen LogP) is 4.83. The van der Waals surface area contributed by atoms with Crippen molar-refractivity contribution in [3.63, 3.8) is 0 Å². The zero-order valence-electron chi connectivity index (χ0n) is 19.4. The first-order valence-corrected chi connectivity index (χ1v) is 11.4. The number of hydrogen-bond acceptors (Lipinski definition) is 8. The first kappa shape index (κ1) is 23.4. The second kappa shape index (κ2) is 8.68.